The Kier molecular flexibility index (Phi) is 5.20. The molecule has 2 N–H and O–H groups in total. The lowest BCUT2D eigenvalue weighted by molar-refractivity contribution is 0.0941. The summed E-state index contributed by atoms with van der Waals surface area (Å²) in [7, 11) is 0. The van der Waals surface area contributed by atoms with Crippen molar-refractivity contribution in [2.45, 2.75) is 25.9 Å². The number of nitrogens with one attached hydrogen (secondary N) is 2. The van der Waals surface area contributed by atoms with E-state index in [1.165, 1.54) is 6.42 Å². The van der Waals surface area contributed by atoms with Gasteiger partial charge in [-0.05, 0) is 31.8 Å². The molecule has 1 atom stereocenters. The van der Waals surface area contributed by atoms with E-state index in [9.17, 15) is 4.79 Å². The Hall–Kier alpha value is -3.07. The van der Waals surface area contributed by atoms with Gasteiger partial charge in [-0.15, -0.1) is 5.10 Å². The van der Waals surface area contributed by atoms with E-state index in [0.29, 0.717) is 17.6 Å². The van der Waals surface area contributed by atoms with Crippen LogP contribution in [-0.2, 0) is 13.1 Å². The molecule has 1 amide bonds. The summed E-state index contributed by atoms with van der Waals surface area (Å²) in [6.07, 6.45) is 4.00. The third-order valence-corrected chi connectivity index (χ3v) is 4.52. The van der Waals surface area contributed by atoms with E-state index in [4.69, 9.17) is 4.52 Å². The van der Waals surface area contributed by atoms with Crippen molar-refractivity contribution in [3.05, 3.63) is 48.1 Å². The van der Waals surface area contributed by atoms with Crippen LogP contribution >= 0.6 is 0 Å². The lowest BCUT2D eigenvalue weighted by atomic mass is 10.00. The van der Waals surface area contributed by atoms with Gasteiger partial charge in [-0.25, -0.2) is 0 Å². The first-order valence-corrected chi connectivity index (χ1v) is 9.05. The number of aromatic nitrogens is 5. The molecule has 3 heterocycles. The van der Waals surface area contributed by atoms with Crippen LogP contribution in [0.1, 0.15) is 29.2 Å². The summed E-state index contributed by atoms with van der Waals surface area (Å²) in [5.74, 6) is 1.03. The van der Waals surface area contributed by atoms with Crippen molar-refractivity contribution >= 4 is 5.91 Å². The molecular weight excluding hydrogens is 346 g/mol. The Morgan fingerprint density at radius 1 is 1.33 bits per heavy atom. The van der Waals surface area contributed by atoms with Gasteiger partial charge in [0, 0.05) is 12.1 Å². The maximum absolute atomic E-state index is 12.3. The van der Waals surface area contributed by atoms with E-state index < -0.39 is 0 Å². The van der Waals surface area contributed by atoms with Crippen LogP contribution in [0.2, 0.25) is 0 Å². The molecule has 2 aromatic heterocycles. The molecule has 0 unspecified atom stereocenters. The molecule has 4 rings (SSSR count). The van der Waals surface area contributed by atoms with Gasteiger partial charge in [-0.1, -0.05) is 40.7 Å². The molecule has 0 saturated carbocycles. The highest BCUT2D eigenvalue weighted by molar-refractivity contribution is 5.91. The summed E-state index contributed by atoms with van der Waals surface area (Å²) in [5.41, 5.74) is 1.14. The van der Waals surface area contributed by atoms with Crippen LogP contribution in [0.15, 0.2) is 41.1 Å². The molecular formula is C18H21N7O2. The number of nitrogens with zero attached hydrogens (tertiary/aromatic N) is 5. The van der Waals surface area contributed by atoms with Crippen molar-refractivity contribution in [1.82, 2.24) is 35.8 Å². The van der Waals surface area contributed by atoms with Crippen molar-refractivity contribution in [2.75, 3.05) is 13.1 Å². The van der Waals surface area contributed by atoms with Crippen molar-refractivity contribution in [3.8, 4) is 11.4 Å². The highest BCUT2D eigenvalue weighted by Gasteiger charge is 2.17. The molecule has 1 fully saturated rings. The van der Waals surface area contributed by atoms with E-state index in [-0.39, 0.29) is 18.1 Å². The normalized spacial score (nSPS) is 17.0. The largest absolute Gasteiger partial charge is 0.342 e. The van der Waals surface area contributed by atoms with Gasteiger partial charge >= 0.3 is 0 Å². The lowest BCUT2D eigenvalue weighted by Gasteiger charge is -2.22. The Labute approximate surface area is 156 Å². The monoisotopic (exact) mass is 367 g/mol. The molecule has 1 aliphatic rings. The second-order valence-electron chi connectivity index (χ2n) is 6.60. The van der Waals surface area contributed by atoms with Crippen LogP contribution in [0.4, 0.5) is 0 Å². The van der Waals surface area contributed by atoms with Gasteiger partial charge in [-0.3, -0.25) is 9.48 Å². The van der Waals surface area contributed by atoms with Gasteiger partial charge in [0.25, 0.3) is 5.91 Å². The summed E-state index contributed by atoms with van der Waals surface area (Å²) in [4.78, 5) is 16.6. The Morgan fingerprint density at radius 3 is 3.04 bits per heavy atom. The molecule has 9 nitrogen and oxygen atoms in total. The first kappa shape index (κ1) is 17.3. The number of hydrogen-bond acceptors (Lipinski definition) is 7. The lowest BCUT2D eigenvalue weighted by Crippen LogP contribution is -2.32. The fourth-order valence-electron chi connectivity index (χ4n) is 3.11. The number of benzene rings is 1. The Bertz CT molecular complexity index is 884. The van der Waals surface area contributed by atoms with Crippen LogP contribution in [-0.4, -0.2) is 44.1 Å². The SMILES string of the molecule is O=C(NCc1nc(-c2ccccc2)no1)c1cn(C[C@@H]2CCCNC2)nn1. The van der Waals surface area contributed by atoms with Crippen molar-refractivity contribution in [3.63, 3.8) is 0 Å². The Morgan fingerprint density at radius 2 is 2.22 bits per heavy atom. The van der Waals surface area contributed by atoms with Crippen LogP contribution in [0.5, 0.6) is 0 Å². The zero-order valence-corrected chi connectivity index (χ0v) is 14.8. The third kappa shape index (κ3) is 4.37. The maximum Gasteiger partial charge on any atom is 0.273 e. The van der Waals surface area contributed by atoms with E-state index in [1.807, 2.05) is 30.3 Å². The smallest absolute Gasteiger partial charge is 0.273 e. The summed E-state index contributed by atoms with van der Waals surface area (Å²) in [5, 5.41) is 18.1. The van der Waals surface area contributed by atoms with Gasteiger partial charge in [0.1, 0.15) is 0 Å². The number of hydrogen-bond donors (Lipinski definition) is 2. The second kappa shape index (κ2) is 8.09. The predicted octanol–water partition coefficient (Wildman–Crippen LogP) is 1.26. The molecule has 27 heavy (non-hydrogen) atoms. The zero-order valence-electron chi connectivity index (χ0n) is 14.8. The summed E-state index contributed by atoms with van der Waals surface area (Å²) >= 11 is 0. The molecule has 9 heteroatoms. The number of carbonyl (C=O) groups is 1. The second-order valence-corrected chi connectivity index (χ2v) is 6.60. The molecule has 1 aliphatic heterocycles. The molecule has 0 spiro atoms. The van der Waals surface area contributed by atoms with E-state index in [1.54, 1.807) is 10.9 Å². The minimum atomic E-state index is -0.317. The zero-order chi connectivity index (χ0) is 18.5. The van der Waals surface area contributed by atoms with Gasteiger partial charge in [0.05, 0.1) is 12.7 Å². The van der Waals surface area contributed by atoms with Gasteiger partial charge in [-0.2, -0.15) is 4.98 Å². The van der Waals surface area contributed by atoms with Crippen LogP contribution in [0.3, 0.4) is 0 Å². The third-order valence-electron chi connectivity index (χ3n) is 4.52. The molecule has 140 valence electrons. The molecule has 3 aromatic rings. The molecule has 0 radical (unpaired) electrons. The van der Waals surface area contributed by atoms with E-state index in [0.717, 1.165) is 31.6 Å². The Balaban J connectivity index is 1.31. The fourth-order valence-corrected chi connectivity index (χ4v) is 3.11. The van der Waals surface area contributed by atoms with Gasteiger partial charge in [0.15, 0.2) is 5.69 Å². The van der Waals surface area contributed by atoms with Crippen molar-refractivity contribution < 1.29 is 9.32 Å². The highest BCUT2D eigenvalue weighted by Crippen LogP contribution is 2.15. The predicted molar refractivity (Wildman–Crippen MR) is 96.5 cm³/mol. The molecule has 1 saturated heterocycles. The van der Waals surface area contributed by atoms with Crippen LogP contribution < -0.4 is 10.6 Å². The summed E-state index contributed by atoms with van der Waals surface area (Å²) < 4.78 is 6.92. The van der Waals surface area contributed by atoms with E-state index in [2.05, 4.69) is 31.1 Å². The molecule has 0 aliphatic carbocycles. The minimum Gasteiger partial charge on any atom is -0.342 e. The summed E-state index contributed by atoms with van der Waals surface area (Å²) in [6.45, 7) is 2.95. The van der Waals surface area contributed by atoms with Crippen LogP contribution in [0.25, 0.3) is 11.4 Å². The first-order chi connectivity index (χ1) is 13.3. The van der Waals surface area contributed by atoms with Gasteiger partial charge < -0.3 is 15.2 Å². The molecule has 1 aromatic carbocycles. The number of carbonyl (C=O) groups excluding carboxylic acids is 1. The minimum absolute atomic E-state index is 0.137. The average molecular weight is 367 g/mol. The fraction of sp³-hybridized carbons (Fsp3) is 0.389. The van der Waals surface area contributed by atoms with E-state index >= 15 is 0 Å². The highest BCUT2D eigenvalue weighted by atomic mass is 16.5. The molecule has 0 bridgehead atoms. The number of amides is 1. The van der Waals surface area contributed by atoms with Crippen LogP contribution in [0, 0.1) is 5.92 Å². The quantitative estimate of drug-likeness (QED) is 0.675. The topological polar surface area (TPSA) is 111 Å². The number of rotatable bonds is 6. The van der Waals surface area contributed by atoms with Crippen molar-refractivity contribution in [1.29, 1.82) is 0 Å². The number of piperidine rings is 1. The van der Waals surface area contributed by atoms with Gasteiger partial charge in [0.2, 0.25) is 11.7 Å². The maximum atomic E-state index is 12.3. The average Bonchev–Trinajstić information content (AvgIpc) is 3.37. The van der Waals surface area contributed by atoms with Crippen molar-refractivity contribution in [2.24, 2.45) is 5.92 Å². The standard InChI is InChI=1S/C18H21N7O2/c26-18(15-12-25(24-22-15)11-13-5-4-8-19-9-13)20-10-16-21-17(23-27-16)14-6-2-1-3-7-14/h1-3,6-7,12-13,19H,4-5,8-11H2,(H,20,26)/t13-/m1/s1. The first-order valence-electron chi connectivity index (χ1n) is 9.05. The summed E-state index contributed by atoms with van der Waals surface area (Å²) in [6, 6.07) is 9.52.